The smallest absolute Gasteiger partial charge is 0.123 e. The fourth-order valence-corrected chi connectivity index (χ4v) is 0.654. The zero-order chi connectivity index (χ0) is 7.40. The van der Waals surface area contributed by atoms with Crippen LogP contribution in [0.15, 0.2) is 29.4 Å². The highest BCUT2D eigenvalue weighted by atomic mass is 35.5. The summed E-state index contributed by atoms with van der Waals surface area (Å²) in [5.41, 5.74) is 0.544. The van der Waals surface area contributed by atoms with Crippen LogP contribution in [-0.2, 0) is 0 Å². The summed E-state index contributed by atoms with van der Waals surface area (Å²) in [4.78, 5) is 0. The summed E-state index contributed by atoms with van der Waals surface area (Å²) in [6, 6.07) is 5.80. The highest BCUT2D eigenvalue weighted by Crippen LogP contribution is 1.99. The molecule has 0 atom stereocenters. The van der Waals surface area contributed by atoms with Crippen LogP contribution in [0.5, 0.6) is 0 Å². The summed E-state index contributed by atoms with van der Waals surface area (Å²) in [7, 11) is 0. The second-order valence-electron chi connectivity index (χ2n) is 1.80. The van der Waals surface area contributed by atoms with Crippen LogP contribution in [0.3, 0.4) is 0 Å². The Kier molecular flexibility index (Phi) is 4.22. The van der Waals surface area contributed by atoms with Gasteiger partial charge in [-0.25, -0.2) is 4.39 Å². The minimum Gasteiger partial charge on any atom is -0.411 e. The molecule has 60 valence electrons. The fourth-order valence-electron chi connectivity index (χ4n) is 0.654. The normalized spacial score (nSPS) is 9.55. The number of hydrogen-bond acceptors (Lipinski definition) is 2. The number of nitrogens with zero attached hydrogens (tertiary/aromatic N) is 1. The van der Waals surface area contributed by atoms with Gasteiger partial charge in [-0.1, -0.05) is 17.3 Å². The lowest BCUT2D eigenvalue weighted by Crippen LogP contribution is -1.81. The molecule has 0 aliphatic rings. The Balaban J connectivity index is 0.000001000. The molecular formula is C7H7ClFNO. The van der Waals surface area contributed by atoms with Crippen LogP contribution in [-0.4, -0.2) is 11.4 Å². The van der Waals surface area contributed by atoms with E-state index in [9.17, 15) is 4.39 Å². The summed E-state index contributed by atoms with van der Waals surface area (Å²) in [5, 5.41) is 10.8. The van der Waals surface area contributed by atoms with E-state index in [2.05, 4.69) is 5.16 Å². The number of benzene rings is 1. The van der Waals surface area contributed by atoms with Gasteiger partial charge in [0.05, 0.1) is 6.21 Å². The Labute approximate surface area is 69.8 Å². The van der Waals surface area contributed by atoms with E-state index >= 15 is 0 Å². The third-order valence-corrected chi connectivity index (χ3v) is 1.06. The fraction of sp³-hybridized carbons (Fsp3) is 0. The quantitative estimate of drug-likeness (QED) is 0.396. The largest absolute Gasteiger partial charge is 0.411 e. The van der Waals surface area contributed by atoms with Crippen molar-refractivity contribution in [1.82, 2.24) is 0 Å². The Morgan fingerprint density at radius 1 is 1.45 bits per heavy atom. The molecule has 4 heteroatoms. The van der Waals surface area contributed by atoms with Gasteiger partial charge in [0.2, 0.25) is 0 Å². The molecule has 1 rings (SSSR count). The SMILES string of the molecule is Cl.ON=Cc1cccc(F)c1. The molecule has 11 heavy (non-hydrogen) atoms. The number of hydrogen-bond donors (Lipinski definition) is 1. The van der Waals surface area contributed by atoms with Crippen LogP contribution in [0.25, 0.3) is 0 Å². The first kappa shape index (κ1) is 9.91. The Morgan fingerprint density at radius 3 is 2.73 bits per heavy atom. The van der Waals surface area contributed by atoms with E-state index in [0.717, 1.165) is 0 Å². The Morgan fingerprint density at radius 2 is 2.18 bits per heavy atom. The molecule has 1 aromatic carbocycles. The van der Waals surface area contributed by atoms with Crippen LogP contribution in [0.1, 0.15) is 5.56 Å². The van der Waals surface area contributed by atoms with Crippen LogP contribution in [0.2, 0.25) is 0 Å². The second kappa shape index (κ2) is 4.68. The lowest BCUT2D eigenvalue weighted by Gasteiger charge is -1.89. The molecule has 0 heterocycles. The maximum Gasteiger partial charge on any atom is 0.123 e. The third-order valence-electron chi connectivity index (χ3n) is 1.06. The van der Waals surface area contributed by atoms with E-state index in [1.54, 1.807) is 12.1 Å². The van der Waals surface area contributed by atoms with Gasteiger partial charge in [-0.2, -0.15) is 0 Å². The number of halogens is 2. The van der Waals surface area contributed by atoms with E-state index < -0.39 is 0 Å². The monoisotopic (exact) mass is 175 g/mol. The molecule has 0 fully saturated rings. The number of rotatable bonds is 1. The van der Waals surface area contributed by atoms with Crippen molar-refractivity contribution < 1.29 is 9.60 Å². The van der Waals surface area contributed by atoms with Gasteiger partial charge in [0, 0.05) is 0 Å². The molecule has 0 aliphatic carbocycles. The van der Waals surface area contributed by atoms with E-state index in [-0.39, 0.29) is 18.2 Å². The van der Waals surface area contributed by atoms with Crippen LogP contribution >= 0.6 is 12.4 Å². The molecule has 0 saturated carbocycles. The van der Waals surface area contributed by atoms with Gasteiger partial charge in [0.25, 0.3) is 0 Å². The Bertz CT molecular complexity index is 252. The number of oxime groups is 1. The van der Waals surface area contributed by atoms with Crippen molar-refractivity contribution in [3.05, 3.63) is 35.6 Å². The molecule has 0 spiro atoms. The maximum atomic E-state index is 12.3. The zero-order valence-electron chi connectivity index (χ0n) is 5.57. The summed E-state index contributed by atoms with van der Waals surface area (Å²) in [5.74, 6) is -0.336. The van der Waals surface area contributed by atoms with E-state index in [4.69, 9.17) is 5.21 Å². The van der Waals surface area contributed by atoms with Gasteiger partial charge in [0.1, 0.15) is 5.82 Å². The first-order valence-electron chi connectivity index (χ1n) is 2.76. The van der Waals surface area contributed by atoms with Crippen molar-refractivity contribution in [2.75, 3.05) is 0 Å². The average molecular weight is 176 g/mol. The topological polar surface area (TPSA) is 32.6 Å². The predicted molar refractivity (Wildman–Crippen MR) is 43.0 cm³/mol. The summed E-state index contributed by atoms with van der Waals surface area (Å²) in [6.45, 7) is 0. The van der Waals surface area contributed by atoms with Crippen LogP contribution < -0.4 is 0 Å². The molecule has 2 nitrogen and oxygen atoms in total. The summed E-state index contributed by atoms with van der Waals surface area (Å²) >= 11 is 0. The molecule has 0 bridgehead atoms. The van der Waals surface area contributed by atoms with E-state index in [0.29, 0.717) is 5.56 Å². The molecule has 1 aromatic rings. The highest BCUT2D eigenvalue weighted by molar-refractivity contribution is 5.85. The lowest BCUT2D eigenvalue weighted by atomic mass is 10.2. The third kappa shape index (κ3) is 3.00. The van der Waals surface area contributed by atoms with Crippen molar-refractivity contribution in [2.24, 2.45) is 5.16 Å². The van der Waals surface area contributed by atoms with Gasteiger partial charge in [-0.3, -0.25) is 0 Å². The van der Waals surface area contributed by atoms with Crippen molar-refractivity contribution in [3.8, 4) is 0 Å². The minimum atomic E-state index is -0.336. The van der Waals surface area contributed by atoms with Crippen molar-refractivity contribution in [3.63, 3.8) is 0 Å². The molecule has 0 saturated heterocycles. The van der Waals surface area contributed by atoms with Crippen LogP contribution in [0, 0.1) is 5.82 Å². The van der Waals surface area contributed by atoms with Crippen LogP contribution in [0.4, 0.5) is 4.39 Å². The molecule has 0 aromatic heterocycles. The minimum absolute atomic E-state index is 0. The van der Waals surface area contributed by atoms with Gasteiger partial charge < -0.3 is 5.21 Å². The van der Waals surface area contributed by atoms with Gasteiger partial charge in [-0.05, 0) is 17.7 Å². The second-order valence-corrected chi connectivity index (χ2v) is 1.80. The molecule has 0 amide bonds. The molecule has 0 aliphatic heterocycles. The van der Waals surface area contributed by atoms with Crippen molar-refractivity contribution >= 4 is 18.6 Å². The van der Waals surface area contributed by atoms with Crippen molar-refractivity contribution in [1.29, 1.82) is 0 Å². The highest BCUT2D eigenvalue weighted by Gasteiger charge is 1.89. The lowest BCUT2D eigenvalue weighted by molar-refractivity contribution is 0.322. The Hall–Kier alpha value is -1.09. The van der Waals surface area contributed by atoms with Gasteiger partial charge in [0.15, 0.2) is 0 Å². The van der Waals surface area contributed by atoms with E-state index in [1.807, 2.05) is 0 Å². The summed E-state index contributed by atoms with van der Waals surface area (Å²) in [6.07, 6.45) is 1.17. The molecule has 0 unspecified atom stereocenters. The van der Waals surface area contributed by atoms with Crippen molar-refractivity contribution in [2.45, 2.75) is 0 Å². The first-order valence-corrected chi connectivity index (χ1v) is 2.76. The van der Waals surface area contributed by atoms with E-state index in [1.165, 1.54) is 18.3 Å². The average Bonchev–Trinajstić information content (AvgIpc) is 1.88. The first-order chi connectivity index (χ1) is 4.83. The standard InChI is InChI=1S/C7H6FNO.ClH/c8-7-3-1-2-6(4-7)5-9-10;/h1-5,10H;1H. The van der Waals surface area contributed by atoms with Gasteiger partial charge >= 0.3 is 0 Å². The zero-order valence-corrected chi connectivity index (χ0v) is 6.38. The summed E-state index contributed by atoms with van der Waals surface area (Å²) < 4.78 is 12.3. The molecular weight excluding hydrogens is 169 g/mol. The predicted octanol–water partition coefficient (Wildman–Crippen LogP) is 2.06. The molecule has 1 N–H and O–H groups in total. The molecule has 0 radical (unpaired) electrons. The van der Waals surface area contributed by atoms with Gasteiger partial charge in [-0.15, -0.1) is 12.4 Å². The maximum absolute atomic E-state index is 12.3.